The highest BCUT2D eigenvalue weighted by Crippen LogP contribution is 2.19. The minimum absolute atomic E-state index is 0.343. The van der Waals surface area contributed by atoms with Crippen LogP contribution in [0.2, 0.25) is 0 Å². The van der Waals surface area contributed by atoms with Gasteiger partial charge in [0.25, 0.3) is 0 Å². The third-order valence-electron chi connectivity index (χ3n) is 2.91. The molecule has 0 saturated carbocycles. The molecular formula is C10H21NO. The van der Waals surface area contributed by atoms with Crippen molar-refractivity contribution in [1.29, 1.82) is 0 Å². The summed E-state index contributed by atoms with van der Waals surface area (Å²) in [5.74, 6) is 0.898. The normalized spacial score (nSPS) is 30.5. The standard InChI is InChI=1S/C10H21NO/c1-2-9-5-6-10(11-8-9)4-3-7-12/h9-12H,2-8H2,1H3/t9-,10-/m1/s1. The molecule has 1 aliphatic heterocycles. The molecule has 0 aliphatic carbocycles. The molecule has 1 fully saturated rings. The quantitative estimate of drug-likeness (QED) is 0.672. The molecule has 12 heavy (non-hydrogen) atoms. The third kappa shape index (κ3) is 3.11. The molecular weight excluding hydrogens is 150 g/mol. The predicted molar refractivity (Wildman–Crippen MR) is 51.1 cm³/mol. The average Bonchev–Trinajstić information content (AvgIpc) is 2.15. The van der Waals surface area contributed by atoms with Gasteiger partial charge in [0.15, 0.2) is 0 Å². The molecule has 2 N–H and O–H groups in total. The van der Waals surface area contributed by atoms with E-state index in [2.05, 4.69) is 12.2 Å². The van der Waals surface area contributed by atoms with Gasteiger partial charge in [-0.05, 0) is 38.1 Å². The van der Waals surface area contributed by atoms with Gasteiger partial charge in [-0.3, -0.25) is 0 Å². The zero-order chi connectivity index (χ0) is 8.81. The second-order valence-electron chi connectivity index (χ2n) is 3.82. The number of aliphatic hydroxyl groups excluding tert-OH is 1. The first-order valence-electron chi connectivity index (χ1n) is 5.21. The van der Waals surface area contributed by atoms with Crippen LogP contribution in [0.1, 0.15) is 39.0 Å². The molecule has 1 rings (SSSR count). The maximum absolute atomic E-state index is 8.67. The minimum atomic E-state index is 0.343. The fourth-order valence-electron chi connectivity index (χ4n) is 1.91. The number of hydrogen-bond acceptors (Lipinski definition) is 2. The second-order valence-corrected chi connectivity index (χ2v) is 3.82. The van der Waals surface area contributed by atoms with Gasteiger partial charge in [-0.2, -0.15) is 0 Å². The van der Waals surface area contributed by atoms with Crippen LogP contribution in [0.4, 0.5) is 0 Å². The van der Waals surface area contributed by atoms with Crippen molar-refractivity contribution in [2.45, 2.75) is 45.1 Å². The smallest absolute Gasteiger partial charge is 0.0431 e. The molecule has 0 spiro atoms. The third-order valence-corrected chi connectivity index (χ3v) is 2.91. The number of nitrogens with one attached hydrogen (secondary N) is 1. The molecule has 72 valence electrons. The molecule has 1 heterocycles. The Morgan fingerprint density at radius 2 is 2.25 bits per heavy atom. The lowest BCUT2D eigenvalue weighted by Gasteiger charge is -2.29. The lowest BCUT2D eigenvalue weighted by Crippen LogP contribution is -2.38. The SMILES string of the molecule is CC[C@@H]1CC[C@@H](CCCO)NC1. The lowest BCUT2D eigenvalue weighted by atomic mass is 9.91. The topological polar surface area (TPSA) is 32.3 Å². The van der Waals surface area contributed by atoms with Crippen LogP contribution < -0.4 is 5.32 Å². The van der Waals surface area contributed by atoms with Crippen LogP contribution in [-0.2, 0) is 0 Å². The molecule has 2 nitrogen and oxygen atoms in total. The minimum Gasteiger partial charge on any atom is -0.396 e. The van der Waals surface area contributed by atoms with E-state index < -0.39 is 0 Å². The molecule has 0 amide bonds. The Kier molecular flexibility index (Phi) is 4.62. The van der Waals surface area contributed by atoms with Crippen molar-refractivity contribution >= 4 is 0 Å². The molecule has 2 heteroatoms. The van der Waals surface area contributed by atoms with Crippen molar-refractivity contribution in [1.82, 2.24) is 5.32 Å². The summed E-state index contributed by atoms with van der Waals surface area (Å²) in [4.78, 5) is 0. The first-order valence-corrected chi connectivity index (χ1v) is 5.21. The fourth-order valence-corrected chi connectivity index (χ4v) is 1.91. The molecule has 0 radical (unpaired) electrons. The Morgan fingerprint density at radius 3 is 2.75 bits per heavy atom. The Labute approximate surface area is 75.4 Å². The van der Waals surface area contributed by atoms with E-state index in [1.807, 2.05) is 0 Å². The van der Waals surface area contributed by atoms with Gasteiger partial charge in [0, 0.05) is 12.6 Å². The zero-order valence-corrected chi connectivity index (χ0v) is 8.05. The second kappa shape index (κ2) is 5.55. The van der Waals surface area contributed by atoms with Crippen LogP contribution in [0, 0.1) is 5.92 Å². The molecule has 0 bridgehead atoms. The van der Waals surface area contributed by atoms with Crippen molar-refractivity contribution in [2.24, 2.45) is 5.92 Å². The largest absolute Gasteiger partial charge is 0.396 e. The van der Waals surface area contributed by atoms with Gasteiger partial charge in [-0.25, -0.2) is 0 Å². The summed E-state index contributed by atoms with van der Waals surface area (Å²) in [7, 11) is 0. The molecule has 1 aliphatic rings. The van der Waals surface area contributed by atoms with Crippen molar-refractivity contribution in [3.63, 3.8) is 0 Å². The Hall–Kier alpha value is -0.0800. The highest BCUT2D eigenvalue weighted by atomic mass is 16.2. The molecule has 1 saturated heterocycles. The maximum atomic E-state index is 8.67. The van der Waals surface area contributed by atoms with E-state index in [-0.39, 0.29) is 0 Å². The van der Waals surface area contributed by atoms with E-state index >= 15 is 0 Å². The van der Waals surface area contributed by atoms with Crippen molar-refractivity contribution < 1.29 is 5.11 Å². The summed E-state index contributed by atoms with van der Waals surface area (Å²) < 4.78 is 0. The lowest BCUT2D eigenvalue weighted by molar-refractivity contribution is 0.249. The Bertz CT molecular complexity index is 108. The van der Waals surface area contributed by atoms with Crippen LogP contribution >= 0.6 is 0 Å². The van der Waals surface area contributed by atoms with E-state index in [4.69, 9.17) is 5.11 Å². The fraction of sp³-hybridized carbons (Fsp3) is 1.00. The van der Waals surface area contributed by atoms with E-state index in [1.165, 1.54) is 25.8 Å². The van der Waals surface area contributed by atoms with Crippen molar-refractivity contribution in [3.8, 4) is 0 Å². The first-order chi connectivity index (χ1) is 5.86. The van der Waals surface area contributed by atoms with Gasteiger partial charge >= 0.3 is 0 Å². The monoisotopic (exact) mass is 171 g/mol. The van der Waals surface area contributed by atoms with Gasteiger partial charge in [-0.15, -0.1) is 0 Å². The summed E-state index contributed by atoms with van der Waals surface area (Å²) in [5.41, 5.74) is 0. The highest BCUT2D eigenvalue weighted by molar-refractivity contribution is 4.76. The van der Waals surface area contributed by atoms with Crippen LogP contribution in [0.3, 0.4) is 0 Å². The average molecular weight is 171 g/mol. The van der Waals surface area contributed by atoms with Gasteiger partial charge in [0.05, 0.1) is 0 Å². The molecule has 2 atom stereocenters. The van der Waals surface area contributed by atoms with Crippen molar-refractivity contribution in [2.75, 3.05) is 13.2 Å². The van der Waals surface area contributed by atoms with Crippen LogP contribution in [0.15, 0.2) is 0 Å². The number of piperidine rings is 1. The van der Waals surface area contributed by atoms with E-state index in [9.17, 15) is 0 Å². The maximum Gasteiger partial charge on any atom is 0.0431 e. The number of rotatable bonds is 4. The summed E-state index contributed by atoms with van der Waals surface area (Å²) in [5, 5.41) is 12.2. The van der Waals surface area contributed by atoms with Crippen molar-refractivity contribution in [3.05, 3.63) is 0 Å². The van der Waals surface area contributed by atoms with Crippen LogP contribution in [0.5, 0.6) is 0 Å². The summed E-state index contributed by atoms with van der Waals surface area (Å²) in [6, 6.07) is 0.681. The van der Waals surface area contributed by atoms with Gasteiger partial charge in [-0.1, -0.05) is 13.3 Å². The highest BCUT2D eigenvalue weighted by Gasteiger charge is 2.18. The summed E-state index contributed by atoms with van der Waals surface area (Å²) in [6.45, 7) is 3.79. The van der Waals surface area contributed by atoms with E-state index in [1.54, 1.807) is 0 Å². The van der Waals surface area contributed by atoms with E-state index in [0.717, 1.165) is 18.8 Å². The van der Waals surface area contributed by atoms with Gasteiger partial charge in [0.2, 0.25) is 0 Å². The van der Waals surface area contributed by atoms with Crippen LogP contribution in [-0.4, -0.2) is 24.3 Å². The summed E-state index contributed by atoms with van der Waals surface area (Å²) >= 11 is 0. The summed E-state index contributed by atoms with van der Waals surface area (Å²) in [6.07, 6.45) is 6.08. The van der Waals surface area contributed by atoms with Gasteiger partial charge < -0.3 is 10.4 Å². The zero-order valence-electron chi connectivity index (χ0n) is 8.05. The van der Waals surface area contributed by atoms with E-state index in [0.29, 0.717) is 12.6 Å². The first kappa shape index (κ1) is 10.0. The molecule has 0 aromatic heterocycles. The molecule has 0 aromatic rings. The van der Waals surface area contributed by atoms with Gasteiger partial charge in [0.1, 0.15) is 0 Å². The number of aliphatic hydroxyl groups is 1. The Balaban J connectivity index is 2.09. The predicted octanol–water partition coefficient (Wildman–Crippen LogP) is 1.54. The molecule has 0 aromatic carbocycles. The number of hydrogen-bond donors (Lipinski definition) is 2. The molecule has 0 unspecified atom stereocenters. The Morgan fingerprint density at radius 1 is 1.42 bits per heavy atom. The van der Waals surface area contributed by atoms with Crippen LogP contribution in [0.25, 0.3) is 0 Å².